The summed E-state index contributed by atoms with van der Waals surface area (Å²) in [6, 6.07) is 10.7. The number of hydrogen-bond acceptors (Lipinski definition) is 6. The van der Waals surface area contributed by atoms with E-state index in [0.29, 0.717) is 12.0 Å². The third-order valence-corrected chi connectivity index (χ3v) is 4.95. The fraction of sp³-hybridized carbons (Fsp3) is 0.474. The van der Waals surface area contributed by atoms with Gasteiger partial charge in [0.1, 0.15) is 0 Å². The van der Waals surface area contributed by atoms with E-state index >= 15 is 0 Å². The SMILES string of the molecule is CN(C)c1ccc(-c2ccnc(N3C[C@@H]4CNC[C@H]3COC4)n2)cc1.Cl.Cl. The maximum Gasteiger partial charge on any atom is 0.226 e. The summed E-state index contributed by atoms with van der Waals surface area (Å²) in [6.07, 6.45) is 1.86. The number of benzene rings is 1. The average Bonchev–Trinajstić information content (AvgIpc) is 2.95. The van der Waals surface area contributed by atoms with Crippen LogP contribution in [0, 0.1) is 5.92 Å². The Morgan fingerprint density at radius 3 is 2.59 bits per heavy atom. The minimum Gasteiger partial charge on any atom is -0.379 e. The van der Waals surface area contributed by atoms with Crippen molar-refractivity contribution in [3.05, 3.63) is 36.5 Å². The summed E-state index contributed by atoms with van der Waals surface area (Å²) in [4.78, 5) is 13.8. The molecule has 0 saturated carbocycles. The van der Waals surface area contributed by atoms with Gasteiger partial charge >= 0.3 is 0 Å². The predicted molar refractivity (Wildman–Crippen MR) is 115 cm³/mol. The minimum absolute atomic E-state index is 0. The van der Waals surface area contributed by atoms with Gasteiger partial charge in [-0.25, -0.2) is 9.97 Å². The molecule has 8 heteroatoms. The number of ether oxygens (including phenoxy) is 1. The standard InChI is InChI=1S/C19H25N5O.2ClH/c1-23(2)16-5-3-15(4-6-16)18-7-8-21-19(22-18)24-11-14-9-20-10-17(24)13-25-12-14;;/h3-8,14,17,20H,9-13H2,1-2H3;2*1H/t14-,17-;;/m0../s1. The molecule has 0 spiro atoms. The van der Waals surface area contributed by atoms with Crippen LogP contribution in [-0.2, 0) is 4.74 Å². The molecule has 2 aromatic rings. The van der Waals surface area contributed by atoms with Crippen molar-refractivity contribution in [2.75, 3.05) is 56.7 Å². The second-order valence-electron chi connectivity index (χ2n) is 7.05. The van der Waals surface area contributed by atoms with Gasteiger partial charge in [-0.05, 0) is 18.2 Å². The molecule has 27 heavy (non-hydrogen) atoms. The highest BCUT2D eigenvalue weighted by Crippen LogP contribution is 2.25. The van der Waals surface area contributed by atoms with E-state index in [4.69, 9.17) is 9.72 Å². The van der Waals surface area contributed by atoms with Crippen molar-refractivity contribution < 1.29 is 4.74 Å². The van der Waals surface area contributed by atoms with Crippen molar-refractivity contribution in [1.29, 1.82) is 0 Å². The number of nitrogens with zero attached hydrogens (tertiary/aromatic N) is 4. The van der Waals surface area contributed by atoms with E-state index in [0.717, 1.165) is 50.1 Å². The van der Waals surface area contributed by atoms with E-state index in [1.54, 1.807) is 0 Å². The Hall–Kier alpha value is -1.60. The number of aromatic nitrogens is 2. The van der Waals surface area contributed by atoms with Crippen LogP contribution in [-0.4, -0.2) is 63.0 Å². The number of hydrogen-bond donors (Lipinski definition) is 1. The highest BCUT2D eigenvalue weighted by atomic mass is 35.5. The number of rotatable bonds is 3. The summed E-state index contributed by atoms with van der Waals surface area (Å²) in [7, 11) is 4.09. The van der Waals surface area contributed by atoms with E-state index in [-0.39, 0.29) is 24.8 Å². The van der Waals surface area contributed by atoms with Gasteiger partial charge in [-0.3, -0.25) is 0 Å². The normalized spacial score (nSPS) is 21.5. The smallest absolute Gasteiger partial charge is 0.226 e. The molecule has 0 unspecified atom stereocenters. The first-order valence-electron chi connectivity index (χ1n) is 8.86. The quantitative estimate of drug-likeness (QED) is 0.836. The summed E-state index contributed by atoms with van der Waals surface area (Å²) >= 11 is 0. The van der Waals surface area contributed by atoms with Gasteiger partial charge in [0.05, 0.1) is 24.9 Å². The van der Waals surface area contributed by atoms with Crippen LogP contribution >= 0.6 is 24.8 Å². The number of anilines is 2. The zero-order valence-corrected chi connectivity index (χ0v) is 17.3. The van der Waals surface area contributed by atoms with E-state index < -0.39 is 0 Å². The van der Waals surface area contributed by atoms with Crippen LogP contribution in [0.15, 0.2) is 36.5 Å². The molecule has 0 amide bonds. The van der Waals surface area contributed by atoms with Crippen LogP contribution in [0.4, 0.5) is 11.6 Å². The van der Waals surface area contributed by atoms with Crippen LogP contribution in [0.1, 0.15) is 0 Å². The van der Waals surface area contributed by atoms with Crippen molar-refractivity contribution >= 4 is 36.4 Å². The second kappa shape index (κ2) is 9.55. The van der Waals surface area contributed by atoms with Crippen molar-refractivity contribution in [3.8, 4) is 11.3 Å². The fourth-order valence-electron chi connectivity index (χ4n) is 3.51. The molecule has 2 aliphatic heterocycles. The van der Waals surface area contributed by atoms with E-state index in [9.17, 15) is 0 Å². The average molecular weight is 412 g/mol. The van der Waals surface area contributed by atoms with Gasteiger partial charge in [0.15, 0.2) is 0 Å². The van der Waals surface area contributed by atoms with Gasteiger partial charge in [0.2, 0.25) is 5.95 Å². The lowest BCUT2D eigenvalue weighted by atomic mass is 10.1. The molecule has 1 aromatic carbocycles. The Kier molecular flexibility index (Phi) is 7.68. The lowest BCUT2D eigenvalue weighted by molar-refractivity contribution is 0.0991. The monoisotopic (exact) mass is 411 g/mol. The zero-order valence-electron chi connectivity index (χ0n) is 15.7. The molecular formula is C19H27Cl2N5O. The third-order valence-electron chi connectivity index (χ3n) is 4.95. The molecule has 2 atom stereocenters. The van der Waals surface area contributed by atoms with E-state index in [1.165, 1.54) is 5.69 Å². The maximum atomic E-state index is 5.82. The summed E-state index contributed by atoms with van der Waals surface area (Å²) in [6.45, 7) is 4.40. The minimum atomic E-state index is 0. The Labute approximate surface area is 173 Å². The van der Waals surface area contributed by atoms with Crippen molar-refractivity contribution in [2.24, 2.45) is 5.92 Å². The number of halogens is 2. The molecule has 0 aliphatic carbocycles. The molecule has 1 N–H and O–H groups in total. The van der Waals surface area contributed by atoms with Crippen molar-refractivity contribution in [2.45, 2.75) is 6.04 Å². The molecule has 6 nitrogen and oxygen atoms in total. The molecular weight excluding hydrogens is 385 g/mol. The van der Waals surface area contributed by atoms with E-state index in [1.807, 2.05) is 26.4 Å². The summed E-state index contributed by atoms with van der Waals surface area (Å²) in [5.41, 5.74) is 3.26. The van der Waals surface area contributed by atoms with Crippen LogP contribution in [0.5, 0.6) is 0 Å². The van der Waals surface area contributed by atoms with Gasteiger partial charge < -0.3 is 19.9 Å². The molecule has 2 aliphatic rings. The van der Waals surface area contributed by atoms with Crippen LogP contribution in [0.3, 0.4) is 0 Å². The largest absolute Gasteiger partial charge is 0.379 e. The molecule has 2 bridgehead atoms. The van der Waals surface area contributed by atoms with Gasteiger partial charge in [0, 0.05) is 57.1 Å². The molecule has 1 aromatic heterocycles. The molecule has 0 radical (unpaired) electrons. The first kappa shape index (κ1) is 21.7. The van der Waals surface area contributed by atoms with Gasteiger partial charge in [0.25, 0.3) is 0 Å². The molecule has 2 saturated heterocycles. The van der Waals surface area contributed by atoms with Crippen LogP contribution in [0.25, 0.3) is 11.3 Å². The maximum absolute atomic E-state index is 5.82. The highest BCUT2D eigenvalue weighted by Gasteiger charge is 2.31. The molecule has 148 valence electrons. The number of nitrogens with one attached hydrogen (secondary N) is 1. The predicted octanol–water partition coefficient (Wildman–Crippen LogP) is 2.48. The highest BCUT2D eigenvalue weighted by molar-refractivity contribution is 5.85. The third kappa shape index (κ3) is 4.82. The topological polar surface area (TPSA) is 53.5 Å². The first-order chi connectivity index (χ1) is 12.2. The fourth-order valence-corrected chi connectivity index (χ4v) is 3.51. The summed E-state index contributed by atoms with van der Waals surface area (Å²) < 4.78 is 5.82. The zero-order chi connectivity index (χ0) is 17.2. The first-order valence-corrected chi connectivity index (χ1v) is 8.86. The lowest BCUT2D eigenvalue weighted by Gasteiger charge is -2.28. The second-order valence-corrected chi connectivity index (χ2v) is 7.05. The van der Waals surface area contributed by atoms with Gasteiger partial charge in [-0.1, -0.05) is 12.1 Å². The lowest BCUT2D eigenvalue weighted by Crippen LogP contribution is -2.43. The molecule has 3 heterocycles. The molecule has 2 fully saturated rings. The molecule has 4 rings (SSSR count). The van der Waals surface area contributed by atoms with Crippen molar-refractivity contribution in [3.63, 3.8) is 0 Å². The number of fused-ring (bicyclic) bond motifs is 3. The van der Waals surface area contributed by atoms with Crippen molar-refractivity contribution in [1.82, 2.24) is 15.3 Å². The Morgan fingerprint density at radius 1 is 1.07 bits per heavy atom. The van der Waals surface area contributed by atoms with Crippen LogP contribution < -0.4 is 15.1 Å². The Balaban J connectivity index is 0.00000131. The van der Waals surface area contributed by atoms with E-state index in [2.05, 4.69) is 44.4 Å². The Bertz CT molecular complexity index is 718. The van der Waals surface area contributed by atoms with Gasteiger partial charge in [-0.2, -0.15) is 0 Å². The Morgan fingerprint density at radius 2 is 1.85 bits per heavy atom. The summed E-state index contributed by atoms with van der Waals surface area (Å²) in [5, 5.41) is 3.53. The van der Waals surface area contributed by atoms with Crippen LogP contribution in [0.2, 0.25) is 0 Å². The van der Waals surface area contributed by atoms with Gasteiger partial charge in [-0.15, -0.1) is 24.8 Å². The summed E-state index contributed by atoms with van der Waals surface area (Å²) in [5.74, 6) is 1.29.